The van der Waals surface area contributed by atoms with Gasteiger partial charge in [-0.25, -0.2) is 4.98 Å². The average molecular weight is 347 g/mol. The fourth-order valence-corrected chi connectivity index (χ4v) is 3.97. The number of likely N-dealkylation sites (tertiary alicyclic amines) is 1. The average Bonchev–Trinajstić information content (AvgIpc) is 3.15. The highest BCUT2D eigenvalue weighted by molar-refractivity contribution is 6.32. The highest BCUT2D eigenvalue weighted by Gasteiger charge is 2.30. The number of aryl methyl sites for hydroxylation is 1. The molecule has 0 radical (unpaired) electrons. The van der Waals surface area contributed by atoms with E-state index in [-0.39, 0.29) is 6.29 Å². The van der Waals surface area contributed by atoms with Gasteiger partial charge in [-0.15, -0.1) is 0 Å². The molecular weight excluding hydrogens is 324 g/mol. The van der Waals surface area contributed by atoms with E-state index < -0.39 is 0 Å². The van der Waals surface area contributed by atoms with E-state index in [9.17, 15) is 0 Å². The number of fused-ring (bicyclic) bond motifs is 1. The Morgan fingerprint density at radius 3 is 2.62 bits per heavy atom. The highest BCUT2D eigenvalue weighted by atomic mass is 35.5. The molecule has 0 aliphatic carbocycles. The zero-order valence-electron chi connectivity index (χ0n) is 14.0. The van der Waals surface area contributed by atoms with Crippen molar-refractivity contribution in [2.24, 2.45) is 5.92 Å². The summed E-state index contributed by atoms with van der Waals surface area (Å²) in [7, 11) is 0. The Morgan fingerprint density at radius 1 is 1.17 bits per heavy atom. The van der Waals surface area contributed by atoms with E-state index in [1.165, 1.54) is 0 Å². The van der Waals surface area contributed by atoms with Gasteiger partial charge >= 0.3 is 0 Å². The zero-order chi connectivity index (χ0) is 16.5. The number of pyridine rings is 1. The molecule has 24 heavy (non-hydrogen) atoms. The molecule has 0 amide bonds. The molecule has 4 nitrogen and oxygen atoms in total. The number of aromatic nitrogens is 1. The van der Waals surface area contributed by atoms with Crippen LogP contribution in [0, 0.1) is 12.8 Å². The molecule has 5 heteroatoms. The van der Waals surface area contributed by atoms with E-state index in [0.717, 1.165) is 72.9 Å². The van der Waals surface area contributed by atoms with Crippen molar-refractivity contribution < 1.29 is 9.47 Å². The maximum atomic E-state index is 6.59. The van der Waals surface area contributed by atoms with Crippen molar-refractivity contribution in [1.29, 1.82) is 0 Å². The van der Waals surface area contributed by atoms with Gasteiger partial charge in [-0.1, -0.05) is 29.8 Å². The lowest BCUT2D eigenvalue weighted by Gasteiger charge is -2.33. The molecule has 2 saturated heterocycles. The van der Waals surface area contributed by atoms with Gasteiger partial charge in [0.15, 0.2) is 6.29 Å². The van der Waals surface area contributed by atoms with Crippen molar-refractivity contribution >= 4 is 22.5 Å². The Bertz CT molecular complexity index is 723. The van der Waals surface area contributed by atoms with Gasteiger partial charge in [-0.3, -0.25) is 4.90 Å². The van der Waals surface area contributed by atoms with Gasteiger partial charge < -0.3 is 9.47 Å². The van der Waals surface area contributed by atoms with Gasteiger partial charge in [0.05, 0.1) is 29.4 Å². The van der Waals surface area contributed by atoms with Crippen molar-refractivity contribution in [2.45, 2.75) is 32.6 Å². The van der Waals surface area contributed by atoms with Crippen molar-refractivity contribution in [3.05, 3.63) is 40.5 Å². The van der Waals surface area contributed by atoms with Gasteiger partial charge in [0.1, 0.15) is 0 Å². The number of hydrogen-bond donors (Lipinski definition) is 0. The first-order valence-corrected chi connectivity index (χ1v) is 9.09. The van der Waals surface area contributed by atoms with Gasteiger partial charge in [-0.2, -0.15) is 0 Å². The molecule has 0 N–H and O–H groups in total. The fourth-order valence-electron chi connectivity index (χ4n) is 3.77. The predicted octanol–water partition coefficient (Wildman–Crippen LogP) is 3.78. The SMILES string of the molecule is Cc1c(Cl)c(CN2CCC(C3OCCO3)CC2)nc2ccccc12. The number of nitrogens with zero attached hydrogens (tertiary/aromatic N) is 2. The van der Waals surface area contributed by atoms with E-state index >= 15 is 0 Å². The molecule has 0 atom stereocenters. The largest absolute Gasteiger partial charge is 0.350 e. The Hall–Kier alpha value is -1.20. The first-order valence-electron chi connectivity index (χ1n) is 8.71. The number of piperidine rings is 1. The van der Waals surface area contributed by atoms with Crippen LogP contribution in [0.1, 0.15) is 24.1 Å². The fraction of sp³-hybridized carbons (Fsp3) is 0.526. The van der Waals surface area contributed by atoms with Crippen LogP contribution in [0.3, 0.4) is 0 Å². The summed E-state index contributed by atoms with van der Waals surface area (Å²) in [4.78, 5) is 7.24. The number of para-hydroxylation sites is 1. The normalized spacial score (nSPS) is 20.9. The molecule has 0 bridgehead atoms. The lowest BCUT2D eigenvalue weighted by molar-refractivity contribution is -0.0978. The zero-order valence-corrected chi connectivity index (χ0v) is 14.8. The third-order valence-electron chi connectivity index (χ3n) is 5.18. The van der Waals surface area contributed by atoms with Crippen LogP contribution in [0.4, 0.5) is 0 Å². The molecular formula is C19H23ClN2O2. The summed E-state index contributed by atoms with van der Waals surface area (Å²) < 4.78 is 11.3. The highest BCUT2D eigenvalue weighted by Crippen LogP contribution is 2.30. The van der Waals surface area contributed by atoms with E-state index in [0.29, 0.717) is 5.92 Å². The number of benzene rings is 1. The van der Waals surface area contributed by atoms with Gasteiger partial charge in [0.25, 0.3) is 0 Å². The second kappa shape index (κ2) is 6.96. The third kappa shape index (κ3) is 3.16. The van der Waals surface area contributed by atoms with E-state index in [2.05, 4.69) is 24.0 Å². The first-order chi connectivity index (χ1) is 11.7. The number of hydrogen-bond acceptors (Lipinski definition) is 4. The standard InChI is InChI=1S/C19H23ClN2O2/c1-13-15-4-2-3-5-16(15)21-17(18(13)20)12-22-8-6-14(7-9-22)19-23-10-11-24-19/h2-5,14,19H,6-12H2,1H3. The van der Waals surface area contributed by atoms with Crippen molar-refractivity contribution in [2.75, 3.05) is 26.3 Å². The van der Waals surface area contributed by atoms with Crippen molar-refractivity contribution in [3.8, 4) is 0 Å². The van der Waals surface area contributed by atoms with E-state index in [1.807, 2.05) is 12.1 Å². The summed E-state index contributed by atoms with van der Waals surface area (Å²) in [5.41, 5.74) is 3.14. The lowest BCUT2D eigenvalue weighted by Crippen LogP contribution is -2.38. The van der Waals surface area contributed by atoms with E-state index in [1.54, 1.807) is 0 Å². The molecule has 0 unspecified atom stereocenters. The Kier molecular flexibility index (Phi) is 4.72. The van der Waals surface area contributed by atoms with Crippen LogP contribution in [-0.4, -0.2) is 42.5 Å². The lowest BCUT2D eigenvalue weighted by atomic mass is 9.96. The smallest absolute Gasteiger partial charge is 0.160 e. The van der Waals surface area contributed by atoms with Crippen molar-refractivity contribution in [3.63, 3.8) is 0 Å². The van der Waals surface area contributed by atoms with Crippen LogP contribution in [0.15, 0.2) is 24.3 Å². The van der Waals surface area contributed by atoms with Gasteiger partial charge in [0, 0.05) is 17.8 Å². The van der Waals surface area contributed by atoms with E-state index in [4.69, 9.17) is 26.1 Å². The van der Waals surface area contributed by atoms with Gasteiger partial charge in [-0.05, 0) is 44.5 Å². The summed E-state index contributed by atoms with van der Waals surface area (Å²) in [6.07, 6.45) is 2.22. The second-order valence-corrected chi connectivity index (χ2v) is 7.12. The van der Waals surface area contributed by atoms with Gasteiger partial charge in [0.2, 0.25) is 0 Å². The number of halogens is 1. The summed E-state index contributed by atoms with van der Waals surface area (Å²) in [5.74, 6) is 0.519. The Labute approximate surface area is 147 Å². The topological polar surface area (TPSA) is 34.6 Å². The molecule has 3 heterocycles. The first kappa shape index (κ1) is 16.3. The predicted molar refractivity (Wildman–Crippen MR) is 95.2 cm³/mol. The van der Waals surface area contributed by atoms with Crippen LogP contribution in [0.2, 0.25) is 5.02 Å². The van der Waals surface area contributed by atoms with Crippen LogP contribution in [0.5, 0.6) is 0 Å². The molecule has 0 saturated carbocycles. The van der Waals surface area contributed by atoms with Crippen LogP contribution >= 0.6 is 11.6 Å². The summed E-state index contributed by atoms with van der Waals surface area (Å²) >= 11 is 6.59. The maximum Gasteiger partial charge on any atom is 0.160 e. The molecule has 128 valence electrons. The Balaban J connectivity index is 1.46. The third-order valence-corrected chi connectivity index (χ3v) is 5.69. The molecule has 2 aromatic rings. The molecule has 2 aliphatic rings. The summed E-state index contributed by atoms with van der Waals surface area (Å²) in [6.45, 7) is 6.44. The van der Waals surface area contributed by atoms with Crippen LogP contribution in [-0.2, 0) is 16.0 Å². The van der Waals surface area contributed by atoms with Crippen molar-refractivity contribution in [1.82, 2.24) is 9.88 Å². The molecule has 1 aromatic heterocycles. The molecule has 2 aliphatic heterocycles. The minimum atomic E-state index is 0.0109. The second-order valence-electron chi connectivity index (χ2n) is 6.74. The minimum Gasteiger partial charge on any atom is -0.350 e. The summed E-state index contributed by atoms with van der Waals surface area (Å²) in [5, 5.41) is 1.94. The molecule has 4 rings (SSSR count). The molecule has 1 aromatic carbocycles. The monoisotopic (exact) mass is 346 g/mol. The number of ether oxygens (including phenoxy) is 2. The number of rotatable bonds is 3. The molecule has 2 fully saturated rings. The summed E-state index contributed by atoms with van der Waals surface area (Å²) in [6, 6.07) is 8.20. The maximum absolute atomic E-state index is 6.59. The Morgan fingerprint density at radius 2 is 1.88 bits per heavy atom. The minimum absolute atomic E-state index is 0.0109. The van der Waals surface area contributed by atoms with Crippen LogP contribution in [0.25, 0.3) is 10.9 Å². The molecule has 0 spiro atoms. The van der Waals surface area contributed by atoms with Crippen LogP contribution < -0.4 is 0 Å². The quantitative estimate of drug-likeness (QED) is 0.847.